The van der Waals surface area contributed by atoms with Crippen LogP contribution in [0.5, 0.6) is 0 Å². The maximum atomic E-state index is 9.13. The Hall–Kier alpha value is 0.774. The molecule has 0 bridgehead atoms. The maximum Gasteiger partial charge on any atom is 3.00 e. The molecule has 1 atom stereocenters. The summed E-state index contributed by atoms with van der Waals surface area (Å²) in [6, 6.07) is 0. The van der Waals surface area contributed by atoms with Crippen LogP contribution in [0.25, 0.3) is 0 Å². The smallest absolute Gasteiger partial charge is 0.762 e. The monoisotopic (exact) mass is 178 g/mol. The Labute approximate surface area is 63.9 Å². The van der Waals surface area contributed by atoms with Gasteiger partial charge in [0.05, 0.1) is 0 Å². The molecule has 0 aliphatic rings. The summed E-state index contributed by atoms with van der Waals surface area (Å²) in [4.78, 5) is 0. The van der Waals surface area contributed by atoms with Crippen LogP contribution in [0.4, 0.5) is 0 Å². The third-order valence-electron chi connectivity index (χ3n) is 0.0962. The number of hydrogen-bond acceptors (Lipinski definition) is 2. The van der Waals surface area contributed by atoms with Gasteiger partial charge in [-0.2, -0.15) is 0 Å². The molecule has 0 radical (unpaired) electrons. The van der Waals surface area contributed by atoms with Gasteiger partial charge in [0.25, 0.3) is 0 Å². The van der Waals surface area contributed by atoms with Gasteiger partial charge >= 0.3 is 32.7 Å². The molecule has 28 valence electrons. The summed E-state index contributed by atoms with van der Waals surface area (Å²) in [6.45, 7) is 0. The second-order valence-electron chi connectivity index (χ2n) is 0.353. The van der Waals surface area contributed by atoms with Crippen molar-refractivity contribution in [2.45, 2.75) is 0 Å². The van der Waals surface area contributed by atoms with Gasteiger partial charge in [-0.05, 0) is 5.25 Å². The van der Waals surface area contributed by atoms with Crippen molar-refractivity contribution in [2.75, 3.05) is 0 Å². The van der Waals surface area contributed by atoms with Gasteiger partial charge in [0.15, 0.2) is 0 Å². The molecule has 0 aromatic heterocycles. The van der Waals surface area contributed by atoms with Crippen LogP contribution < -0.4 is 0 Å². The Bertz CT molecular complexity index is 84.0. The Morgan fingerprint density at radius 1 is 1.83 bits per heavy atom. The molecular weight excluding hydrogens is 177 g/mol. The number of rotatable bonds is 0. The quantitative estimate of drug-likeness (QED) is 0.369. The van der Waals surface area contributed by atoms with Crippen molar-refractivity contribution in [1.29, 1.82) is 0 Å². The summed E-state index contributed by atoms with van der Waals surface area (Å²) >= 11 is -2.29. The first-order valence-electron chi connectivity index (χ1n) is 0.826. The van der Waals surface area contributed by atoms with Crippen LogP contribution in [-0.2, 0) is 43.8 Å². The van der Waals surface area contributed by atoms with Crippen LogP contribution >= 0.6 is 0 Å². The molecule has 2 nitrogen and oxygen atoms in total. The van der Waals surface area contributed by atoms with Crippen molar-refractivity contribution < 1.29 is 41.5 Å². The van der Waals surface area contributed by atoms with Crippen molar-refractivity contribution in [2.24, 2.45) is 0 Å². The van der Waals surface area contributed by atoms with Gasteiger partial charge < -0.3 is 4.55 Å². The predicted octanol–water partition coefficient (Wildman–Crippen LogP) is -0.546. The standard InChI is InChI=1S/C2H2O2S.Y/c1-2-5(3)4;/h1H,(H,3,4);/q;+3/p-1. The normalized spacial score (nSPS) is 10.7. The number of terminal acetylenes is 1. The molecule has 0 aliphatic heterocycles. The molecule has 1 unspecified atom stereocenters. The summed E-state index contributed by atoms with van der Waals surface area (Å²) in [7, 11) is 0. The van der Waals surface area contributed by atoms with Gasteiger partial charge in [0.2, 0.25) is 0 Å². The minimum absolute atomic E-state index is 0. The van der Waals surface area contributed by atoms with E-state index in [2.05, 4.69) is 6.42 Å². The van der Waals surface area contributed by atoms with Crippen molar-refractivity contribution in [1.82, 2.24) is 0 Å². The molecule has 0 rings (SSSR count). The molecule has 0 saturated heterocycles. The molecular formula is C2HO2SY+2. The largest absolute Gasteiger partial charge is 3.00 e. The second-order valence-corrected chi connectivity index (χ2v) is 1.06. The van der Waals surface area contributed by atoms with E-state index in [9.17, 15) is 0 Å². The SMILES string of the molecule is C#CS(=O)[O-].[Y+3]. The first kappa shape index (κ1) is 9.91. The summed E-state index contributed by atoms with van der Waals surface area (Å²) < 4.78 is 18.3. The minimum atomic E-state index is -2.29. The van der Waals surface area contributed by atoms with Crippen LogP contribution in [0, 0.1) is 11.7 Å². The molecule has 0 saturated carbocycles. The van der Waals surface area contributed by atoms with Crippen LogP contribution in [-0.4, -0.2) is 8.76 Å². The van der Waals surface area contributed by atoms with E-state index in [0.29, 0.717) is 0 Å². The average Bonchev–Trinajstić information content (AvgIpc) is 1.38. The molecule has 0 aromatic rings. The average molecular weight is 178 g/mol. The van der Waals surface area contributed by atoms with E-state index in [-0.39, 0.29) is 32.7 Å². The van der Waals surface area contributed by atoms with E-state index in [1.165, 1.54) is 5.25 Å². The molecule has 0 fully saturated rings. The summed E-state index contributed by atoms with van der Waals surface area (Å²) in [5.41, 5.74) is 0. The predicted molar refractivity (Wildman–Crippen MR) is 17.8 cm³/mol. The van der Waals surface area contributed by atoms with Gasteiger partial charge in [-0.15, -0.1) is 6.42 Å². The molecule has 6 heavy (non-hydrogen) atoms. The molecule has 0 spiro atoms. The van der Waals surface area contributed by atoms with E-state index in [1.54, 1.807) is 0 Å². The second kappa shape index (κ2) is 5.77. The van der Waals surface area contributed by atoms with E-state index >= 15 is 0 Å². The van der Waals surface area contributed by atoms with E-state index in [1.807, 2.05) is 0 Å². The van der Waals surface area contributed by atoms with Gasteiger partial charge in [-0.3, -0.25) is 4.21 Å². The fraction of sp³-hybridized carbons (Fsp3) is 0. The van der Waals surface area contributed by atoms with Crippen LogP contribution in [0.3, 0.4) is 0 Å². The molecule has 0 N–H and O–H groups in total. The van der Waals surface area contributed by atoms with Crippen LogP contribution in [0.1, 0.15) is 0 Å². The van der Waals surface area contributed by atoms with Gasteiger partial charge in [0.1, 0.15) is 0 Å². The Balaban J connectivity index is 0. The first-order valence-corrected chi connectivity index (χ1v) is 1.90. The van der Waals surface area contributed by atoms with Gasteiger partial charge in [-0.1, -0.05) is 0 Å². The third kappa shape index (κ3) is 8.84. The van der Waals surface area contributed by atoms with Crippen molar-refractivity contribution >= 4 is 11.1 Å². The van der Waals surface area contributed by atoms with Crippen molar-refractivity contribution in [3.63, 3.8) is 0 Å². The summed E-state index contributed by atoms with van der Waals surface area (Å²) in [6.07, 6.45) is 4.31. The van der Waals surface area contributed by atoms with E-state index in [4.69, 9.17) is 8.76 Å². The molecule has 0 amide bonds. The maximum absolute atomic E-state index is 9.13. The molecule has 4 heteroatoms. The zero-order valence-corrected chi connectivity index (χ0v) is 6.53. The van der Waals surface area contributed by atoms with Crippen LogP contribution in [0.15, 0.2) is 0 Å². The summed E-state index contributed by atoms with van der Waals surface area (Å²) in [5, 5.41) is 1.44. The van der Waals surface area contributed by atoms with E-state index < -0.39 is 11.1 Å². The van der Waals surface area contributed by atoms with Crippen molar-refractivity contribution in [3.8, 4) is 11.7 Å². The van der Waals surface area contributed by atoms with Crippen molar-refractivity contribution in [3.05, 3.63) is 0 Å². The Morgan fingerprint density at radius 3 is 2.00 bits per heavy atom. The van der Waals surface area contributed by atoms with Gasteiger partial charge in [-0.25, -0.2) is 0 Å². The van der Waals surface area contributed by atoms with Gasteiger partial charge in [0, 0.05) is 11.1 Å². The summed E-state index contributed by atoms with van der Waals surface area (Å²) in [5.74, 6) is 0. The van der Waals surface area contributed by atoms with Crippen LogP contribution in [0.2, 0.25) is 0 Å². The zero-order chi connectivity index (χ0) is 4.28. The topological polar surface area (TPSA) is 40.1 Å². The molecule has 0 aromatic carbocycles. The molecule has 0 aliphatic carbocycles. The third-order valence-corrected chi connectivity index (χ3v) is 0.289. The first-order chi connectivity index (χ1) is 2.27. The zero-order valence-electron chi connectivity index (χ0n) is 2.88. The molecule has 0 heterocycles. The minimum Gasteiger partial charge on any atom is -0.762 e. The van der Waals surface area contributed by atoms with E-state index in [0.717, 1.165) is 0 Å². The Morgan fingerprint density at radius 2 is 2.00 bits per heavy atom. The fourth-order valence-corrected chi connectivity index (χ4v) is 0. The Kier molecular flexibility index (Phi) is 9.54. The number of hydrogen-bond donors (Lipinski definition) is 0. The fourth-order valence-electron chi connectivity index (χ4n) is 0.